The van der Waals surface area contributed by atoms with Gasteiger partial charge in [-0.25, -0.2) is 0 Å². The van der Waals surface area contributed by atoms with Crippen LogP contribution in [0.25, 0.3) is 0 Å². The molecule has 1 aromatic rings. The number of ether oxygens (including phenoxy) is 2. The fourth-order valence-corrected chi connectivity index (χ4v) is 2.70. The molecule has 0 aliphatic carbocycles. The van der Waals surface area contributed by atoms with Gasteiger partial charge in [0.15, 0.2) is 4.75 Å². The topological polar surface area (TPSA) is 35.5 Å². The molecule has 1 aliphatic heterocycles. The molecule has 2 rings (SSSR count). The maximum Gasteiger partial charge on any atom is 0.327 e. The maximum atomic E-state index is 11.7. The summed E-state index contributed by atoms with van der Waals surface area (Å²) in [5.74, 6) is -0.204. The first-order chi connectivity index (χ1) is 7.66. The Kier molecular flexibility index (Phi) is 3.21. The minimum absolute atomic E-state index is 0.204. The quantitative estimate of drug-likeness (QED) is 0.755. The zero-order chi connectivity index (χ0) is 11.6. The highest BCUT2D eigenvalue weighted by atomic mass is 32.2. The van der Waals surface area contributed by atoms with Gasteiger partial charge in [0.1, 0.15) is 0 Å². The van der Waals surface area contributed by atoms with E-state index in [0.29, 0.717) is 13.2 Å². The van der Waals surface area contributed by atoms with E-state index in [0.717, 1.165) is 4.90 Å². The number of hydrogen-bond acceptors (Lipinski definition) is 4. The summed E-state index contributed by atoms with van der Waals surface area (Å²) in [5, 5.41) is 0. The van der Waals surface area contributed by atoms with Crippen LogP contribution in [0.1, 0.15) is 5.56 Å². The Balaban J connectivity index is 2.13. The first-order valence-electron chi connectivity index (χ1n) is 5.08. The van der Waals surface area contributed by atoms with Gasteiger partial charge in [0.2, 0.25) is 0 Å². The number of aryl methyl sites for hydroxylation is 1. The lowest BCUT2D eigenvalue weighted by atomic mass is 10.1. The van der Waals surface area contributed by atoms with Crippen molar-refractivity contribution in [1.29, 1.82) is 0 Å². The number of thioether (sulfide) groups is 1. The van der Waals surface area contributed by atoms with Crippen molar-refractivity contribution in [2.24, 2.45) is 0 Å². The van der Waals surface area contributed by atoms with Crippen LogP contribution in [0.2, 0.25) is 0 Å². The SMILES string of the molecule is COC(=O)C1(Sc2ccc(C)cc2)COC1. The maximum absolute atomic E-state index is 11.7. The van der Waals surface area contributed by atoms with Crippen LogP contribution in [-0.2, 0) is 14.3 Å². The van der Waals surface area contributed by atoms with Gasteiger partial charge in [-0.2, -0.15) is 0 Å². The Morgan fingerprint density at radius 1 is 1.38 bits per heavy atom. The van der Waals surface area contributed by atoms with E-state index >= 15 is 0 Å². The van der Waals surface area contributed by atoms with Crippen molar-refractivity contribution >= 4 is 17.7 Å². The molecule has 0 amide bonds. The van der Waals surface area contributed by atoms with E-state index in [1.165, 1.54) is 24.4 Å². The van der Waals surface area contributed by atoms with Gasteiger partial charge >= 0.3 is 5.97 Å². The molecule has 0 saturated carbocycles. The summed E-state index contributed by atoms with van der Waals surface area (Å²) < 4.78 is 9.41. The van der Waals surface area contributed by atoms with Gasteiger partial charge in [-0.3, -0.25) is 4.79 Å². The van der Waals surface area contributed by atoms with Gasteiger partial charge in [0.05, 0.1) is 20.3 Å². The normalized spacial score (nSPS) is 17.6. The van der Waals surface area contributed by atoms with E-state index in [9.17, 15) is 4.79 Å². The minimum Gasteiger partial charge on any atom is -0.468 e. The summed E-state index contributed by atoms with van der Waals surface area (Å²) in [6.07, 6.45) is 0. The standard InChI is InChI=1S/C12H14O3S/c1-9-3-5-10(6-4-9)16-12(7-15-8-12)11(13)14-2/h3-6H,7-8H2,1-2H3. The number of carbonyl (C=O) groups excluding carboxylic acids is 1. The molecule has 0 aromatic heterocycles. The molecule has 1 fully saturated rings. The Morgan fingerprint density at radius 3 is 2.44 bits per heavy atom. The average molecular weight is 238 g/mol. The fraction of sp³-hybridized carbons (Fsp3) is 0.417. The monoisotopic (exact) mass is 238 g/mol. The Labute approximate surface area is 99.1 Å². The Morgan fingerprint density at radius 2 is 2.00 bits per heavy atom. The smallest absolute Gasteiger partial charge is 0.327 e. The molecule has 1 saturated heterocycles. The van der Waals surface area contributed by atoms with E-state index in [1.807, 2.05) is 31.2 Å². The van der Waals surface area contributed by atoms with E-state index in [4.69, 9.17) is 9.47 Å². The molecule has 1 heterocycles. The first-order valence-corrected chi connectivity index (χ1v) is 5.90. The van der Waals surface area contributed by atoms with E-state index < -0.39 is 4.75 Å². The second-order valence-electron chi connectivity index (χ2n) is 3.89. The van der Waals surface area contributed by atoms with Crippen LogP contribution >= 0.6 is 11.8 Å². The van der Waals surface area contributed by atoms with Crippen molar-refractivity contribution < 1.29 is 14.3 Å². The molecule has 1 aliphatic rings. The van der Waals surface area contributed by atoms with Gasteiger partial charge in [0.25, 0.3) is 0 Å². The van der Waals surface area contributed by atoms with Crippen LogP contribution in [0.3, 0.4) is 0 Å². The summed E-state index contributed by atoms with van der Waals surface area (Å²) in [7, 11) is 1.41. The summed E-state index contributed by atoms with van der Waals surface area (Å²) in [5.41, 5.74) is 1.21. The van der Waals surface area contributed by atoms with Crippen molar-refractivity contribution in [2.75, 3.05) is 20.3 Å². The molecule has 0 radical (unpaired) electrons. The van der Waals surface area contributed by atoms with E-state index in [1.54, 1.807) is 0 Å². The fourth-order valence-electron chi connectivity index (χ4n) is 1.52. The Hall–Kier alpha value is -1.00. The van der Waals surface area contributed by atoms with Gasteiger partial charge in [0, 0.05) is 4.90 Å². The second-order valence-corrected chi connectivity index (χ2v) is 5.35. The van der Waals surface area contributed by atoms with Crippen LogP contribution < -0.4 is 0 Å². The molecular formula is C12H14O3S. The molecule has 4 heteroatoms. The van der Waals surface area contributed by atoms with Crippen LogP contribution in [0.4, 0.5) is 0 Å². The van der Waals surface area contributed by atoms with Crippen molar-refractivity contribution in [3.63, 3.8) is 0 Å². The molecule has 86 valence electrons. The number of methoxy groups -OCH3 is 1. The van der Waals surface area contributed by atoms with Crippen molar-refractivity contribution in [3.8, 4) is 0 Å². The highest BCUT2D eigenvalue weighted by molar-refractivity contribution is 8.01. The molecule has 0 spiro atoms. The molecule has 1 aromatic carbocycles. The summed E-state index contributed by atoms with van der Waals surface area (Å²) in [6, 6.07) is 8.10. The van der Waals surface area contributed by atoms with Crippen LogP contribution in [0, 0.1) is 6.92 Å². The third kappa shape index (κ3) is 2.08. The molecule has 0 N–H and O–H groups in total. The van der Waals surface area contributed by atoms with E-state index in [2.05, 4.69) is 0 Å². The lowest BCUT2D eigenvalue weighted by Gasteiger charge is -2.37. The second kappa shape index (κ2) is 4.47. The zero-order valence-electron chi connectivity index (χ0n) is 9.36. The van der Waals surface area contributed by atoms with Crippen LogP contribution in [0.15, 0.2) is 29.2 Å². The third-order valence-electron chi connectivity index (χ3n) is 2.56. The lowest BCUT2D eigenvalue weighted by molar-refractivity contribution is -0.155. The number of hydrogen-bond donors (Lipinski definition) is 0. The summed E-state index contributed by atoms with van der Waals surface area (Å²) in [4.78, 5) is 12.7. The number of benzene rings is 1. The highest BCUT2D eigenvalue weighted by Crippen LogP contribution is 2.39. The lowest BCUT2D eigenvalue weighted by Crippen LogP contribution is -2.53. The predicted molar refractivity (Wildman–Crippen MR) is 62.6 cm³/mol. The third-order valence-corrected chi connectivity index (χ3v) is 3.86. The summed E-state index contributed by atoms with van der Waals surface area (Å²) in [6.45, 7) is 2.90. The van der Waals surface area contributed by atoms with Gasteiger partial charge in [-0.1, -0.05) is 17.7 Å². The highest BCUT2D eigenvalue weighted by Gasteiger charge is 2.48. The molecule has 16 heavy (non-hydrogen) atoms. The molecule has 3 nitrogen and oxygen atoms in total. The van der Waals surface area contributed by atoms with E-state index in [-0.39, 0.29) is 5.97 Å². The minimum atomic E-state index is -0.538. The molecular weight excluding hydrogens is 224 g/mol. The van der Waals surface area contributed by atoms with Gasteiger partial charge < -0.3 is 9.47 Å². The molecule has 0 atom stereocenters. The predicted octanol–water partition coefficient (Wildman–Crippen LogP) is 2.03. The molecule has 0 bridgehead atoms. The average Bonchev–Trinajstić information content (AvgIpc) is 2.25. The zero-order valence-corrected chi connectivity index (χ0v) is 10.2. The number of rotatable bonds is 3. The number of carbonyl (C=O) groups is 1. The Bertz CT molecular complexity index is 382. The largest absolute Gasteiger partial charge is 0.468 e. The summed E-state index contributed by atoms with van der Waals surface area (Å²) >= 11 is 1.52. The van der Waals surface area contributed by atoms with Crippen LogP contribution in [0.5, 0.6) is 0 Å². The van der Waals surface area contributed by atoms with Gasteiger partial charge in [-0.05, 0) is 19.1 Å². The number of esters is 1. The molecule has 0 unspecified atom stereocenters. The van der Waals surface area contributed by atoms with Crippen molar-refractivity contribution in [2.45, 2.75) is 16.6 Å². The van der Waals surface area contributed by atoms with Crippen molar-refractivity contribution in [1.82, 2.24) is 0 Å². The first kappa shape index (κ1) is 11.5. The van der Waals surface area contributed by atoms with Crippen LogP contribution in [-0.4, -0.2) is 31.0 Å². The van der Waals surface area contributed by atoms with Gasteiger partial charge in [-0.15, -0.1) is 11.8 Å². The van der Waals surface area contributed by atoms with Crippen molar-refractivity contribution in [3.05, 3.63) is 29.8 Å².